The molecule has 2 aromatic rings. The predicted molar refractivity (Wildman–Crippen MR) is 129 cm³/mol. The summed E-state index contributed by atoms with van der Waals surface area (Å²) in [5.74, 6) is 2.65. The minimum absolute atomic E-state index is 0.0307. The van der Waals surface area contributed by atoms with Crippen LogP contribution >= 0.6 is 0 Å². The highest BCUT2D eigenvalue weighted by atomic mass is 16.6. The fourth-order valence-electron chi connectivity index (χ4n) is 4.07. The van der Waals surface area contributed by atoms with Gasteiger partial charge in [-0.25, -0.2) is 0 Å². The third-order valence-electron chi connectivity index (χ3n) is 5.69. The highest BCUT2D eigenvalue weighted by Gasteiger charge is 2.31. The largest absolute Gasteiger partial charge is 0.490 e. The van der Waals surface area contributed by atoms with Gasteiger partial charge in [-0.1, -0.05) is 24.2 Å². The quantitative estimate of drug-likeness (QED) is 0.245. The molecule has 3 rings (SSSR count). The van der Waals surface area contributed by atoms with E-state index in [9.17, 15) is 0 Å². The Morgan fingerprint density at radius 1 is 1.00 bits per heavy atom. The first-order valence-corrected chi connectivity index (χ1v) is 11.4. The SMILES string of the molecule is C/C=C/COc1cc(C)c(OC2CCCC2Oc2ccc(/C(CC)=N/OC)cc2)c(C)c1. The lowest BCUT2D eigenvalue weighted by Crippen LogP contribution is -2.31. The standard InChI is InChI=1S/C27H35NO4/c1-6-8-16-30-23-17-19(3)27(20(4)18-23)32-26-11-9-10-25(26)31-22-14-12-21(13-15-22)24(7-2)28-29-5/h6,8,12-15,17-18,25-26H,7,9-11,16H2,1-5H3/b8-6+,28-24+. The number of ether oxygens (including phenoxy) is 3. The molecule has 172 valence electrons. The molecule has 1 aliphatic rings. The van der Waals surface area contributed by atoms with Gasteiger partial charge in [0.25, 0.3) is 0 Å². The molecule has 5 heteroatoms. The zero-order chi connectivity index (χ0) is 22.9. The van der Waals surface area contributed by atoms with E-state index in [1.807, 2.05) is 55.5 Å². The van der Waals surface area contributed by atoms with Gasteiger partial charge in [0.15, 0.2) is 0 Å². The van der Waals surface area contributed by atoms with Crippen LogP contribution in [0.2, 0.25) is 0 Å². The Labute approximate surface area is 192 Å². The van der Waals surface area contributed by atoms with E-state index in [2.05, 4.69) is 25.9 Å². The molecule has 0 bridgehead atoms. The summed E-state index contributed by atoms with van der Waals surface area (Å²) in [6.45, 7) is 8.77. The second kappa shape index (κ2) is 11.6. The van der Waals surface area contributed by atoms with E-state index < -0.39 is 0 Å². The van der Waals surface area contributed by atoms with Crippen LogP contribution in [0.3, 0.4) is 0 Å². The zero-order valence-corrected chi connectivity index (χ0v) is 19.9. The maximum Gasteiger partial charge on any atom is 0.135 e. The first-order chi connectivity index (χ1) is 15.5. The smallest absolute Gasteiger partial charge is 0.135 e. The summed E-state index contributed by atoms with van der Waals surface area (Å²) in [4.78, 5) is 4.94. The topological polar surface area (TPSA) is 49.3 Å². The maximum absolute atomic E-state index is 6.48. The van der Waals surface area contributed by atoms with Gasteiger partial charge in [-0.05, 0) is 99.5 Å². The second-order valence-electron chi connectivity index (χ2n) is 8.11. The third kappa shape index (κ3) is 6.06. The van der Waals surface area contributed by atoms with Crippen molar-refractivity contribution in [3.8, 4) is 17.2 Å². The summed E-state index contributed by atoms with van der Waals surface area (Å²) in [6.07, 6.45) is 7.92. The van der Waals surface area contributed by atoms with Crippen molar-refractivity contribution >= 4 is 5.71 Å². The van der Waals surface area contributed by atoms with E-state index in [-0.39, 0.29) is 12.2 Å². The minimum atomic E-state index is 0.0307. The lowest BCUT2D eigenvalue weighted by atomic mass is 10.1. The van der Waals surface area contributed by atoms with Crippen LogP contribution in [0.15, 0.2) is 53.7 Å². The number of rotatable bonds is 10. The Balaban J connectivity index is 1.67. The molecule has 0 amide bonds. The van der Waals surface area contributed by atoms with Gasteiger partial charge in [-0.15, -0.1) is 0 Å². The van der Waals surface area contributed by atoms with Crippen LogP contribution in [0.25, 0.3) is 0 Å². The van der Waals surface area contributed by atoms with Crippen LogP contribution < -0.4 is 14.2 Å². The zero-order valence-electron chi connectivity index (χ0n) is 19.9. The van der Waals surface area contributed by atoms with E-state index in [0.29, 0.717) is 6.61 Å². The molecule has 0 aromatic heterocycles. The monoisotopic (exact) mass is 437 g/mol. The molecule has 0 radical (unpaired) electrons. The number of benzene rings is 2. The van der Waals surface area contributed by atoms with Gasteiger partial charge in [0.05, 0.1) is 5.71 Å². The van der Waals surface area contributed by atoms with E-state index in [1.165, 1.54) is 0 Å². The van der Waals surface area contributed by atoms with Gasteiger partial charge in [-0.2, -0.15) is 0 Å². The Bertz CT molecular complexity index is 910. The lowest BCUT2D eigenvalue weighted by molar-refractivity contribution is 0.0769. The van der Waals surface area contributed by atoms with E-state index in [4.69, 9.17) is 19.0 Å². The Kier molecular flexibility index (Phi) is 8.60. The first-order valence-electron chi connectivity index (χ1n) is 11.4. The average molecular weight is 438 g/mol. The first kappa shape index (κ1) is 23.7. The fraction of sp³-hybridized carbons (Fsp3) is 0.444. The molecule has 0 aliphatic heterocycles. The van der Waals surface area contributed by atoms with Crippen LogP contribution in [-0.2, 0) is 4.84 Å². The molecular formula is C27H35NO4. The van der Waals surface area contributed by atoms with Crippen LogP contribution in [0, 0.1) is 13.8 Å². The maximum atomic E-state index is 6.48. The molecular weight excluding hydrogens is 402 g/mol. The van der Waals surface area contributed by atoms with Crippen molar-refractivity contribution in [2.24, 2.45) is 5.16 Å². The number of nitrogens with zero attached hydrogens (tertiary/aromatic N) is 1. The van der Waals surface area contributed by atoms with Gasteiger partial charge < -0.3 is 19.0 Å². The molecule has 2 atom stereocenters. The van der Waals surface area contributed by atoms with Crippen molar-refractivity contribution in [1.82, 2.24) is 0 Å². The highest BCUT2D eigenvalue weighted by molar-refractivity contribution is 6.00. The van der Waals surface area contributed by atoms with Crippen molar-refractivity contribution in [2.75, 3.05) is 13.7 Å². The molecule has 0 N–H and O–H groups in total. The third-order valence-corrected chi connectivity index (χ3v) is 5.69. The van der Waals surface area contributed by atoms with E-state index in [0.717, 1.165) is 65.3 Å². The summed E-state index contributed by atoms with van der Waals surface area (Å²) in [6, 6.07) is 12.1. The van der Waals surface area contributed by atoms with Crippen molar-refractivity contribution in [3.05, 3.63) is 65.2 Å². The lowest BCUT2D eigenvalue weighted by Gasteiger charge is -2.25. The normalized spacial score (nSPS) is 18.7. The van der Waals surface area contributed by atoms with Crippen molar-refractivity contribution in [3.63, 3.8) is 0 Å². The highest BCUT2D eigenvalue weighted by Crippen LogP contribution is 2.34. The molecule has 0 saturated heterocycles. The van der Waals surface area contributed by atoms with Gasteiger partial charge in [0.1, 0.15) is 43.2 Å². The molecule has 0 spiro atoms. The summed E-state index contributed by atoms with van der Waals surface area (Å²) in [5, 5.41) is 4.09. The van der Waals surface area contributed by atoms with E-state index in [1.54, 1.807) is 7.11 Å². The van der Waals surface area contributed by atoms with Crippen LogP contribution in [-0.4, -0.2) is 31.6 Å². The van der Waals surface area contributed by atoms with E-state index >= 15 is 0 Å². The summed E-state index contributed by atoms with van der Waals surface area (Å²) >= 11 is 0. The predicted octanol–water partition coefficient (Wildman–Crippen LogP) is 6.40. The molecule has 1 fully saturated rings. The number of hydrogen-bond acceptors (Lipinski definition) is 5. The number of hydrogen-bond donors (Lipinski definition) is 0. The minimum Gasteiger partial charge on any atom is -0.490 e. The summed E-state index contributed by atoms with van der Waals surface area (Å²) < 4.78 is 18.6. The second-order valence-corrected chi connectivity index (χ2v) is 8.11. The number of aryl methyl sites for hydroxylation is 2. The van der Waals surface area contributed by atoms with Gasteiger partial charge in [0.2, 0.25) is 0 Å². The molecule has 5 nitrogen and oxygen atoms in total. The Morgan fingerprint density at radius 3 is 2.25 bits per heavy atom. The summed E-state index contributed by atoms with van der Waals surface area (Å²) in [5.41, 5.74) is 4.13. The molecule has 1 aliphatic carbocycles. The van der Waals surface area contributed by atoms with Crippen molar-refractivity contribution < 1.29 is 19.0 Å². The molecule has 32 heavy (non-hydrogen) atoms. The van der Waals surface area contributed by atoms with Crippen LogP contribution in [0.1, 0.15) is 56.2 Å². The average Bonchev–Trinajstić information content (AvgIpc) is 3.22. The molecule has 2 aromatic carbocycles. The Morgan fingerprint density at radius 2 is 1.66 bits per heavy atom. The fourth-order valence-corrected chi connectivity index (χ4v) is 4.07. The van der Waals surface area contributed by atoms with Gasteiger partial charge in [-0.3, -0.25) is 0 Å². The van der Waals surface area contributed by atoms with Crippen LogP contribution in [0.4, 0.5) is 0 Å². The van der Waals surface area contributed by atoms with Crippen LogP contribution in [0.5, 0.6) is 17.2 Å². The summed E-state index contributed by atoms with van der Waals surface area (Å²) in [7, 11) is 1.57. The van der Waals surface area contributed by atoms with Gasteiger partial charge in [0, 0.05) is 0 Å². The molecule has 1 saturated carbocycles. The van der Waals surface area contributed by atoms with Crippen molar-refractivity contribution in [2.45, 2.75) is 65.6 Å². The van der Waals surface area contributed by atoms with Gasteiger partial charge >= 0.3 is 0 Å². The molecule has 0 heterocycles. The Hall–Kier alpha value is -2.95. The number of allylic oxidation sites excluding steroid dienone is 1. The molecule has 2 unspecified atom stereocenters. The number of oxime groups is 1. The van der Waals surface area contributed by atoms with Crippen molar-refractivity contribution in [1.29, 1.82) is 0 Å².